The number of esters is 2. The first-order valence-electron chi connectivity index (χ1n) is 11.8. The highest BCUT2D eigenvalue weighted by molar-refractivity contribution is 5.78. The van der Waals surface area contributed by atoms with Crippen molar-refractivity contribution in [1.82, 2.24) is 0 Å². The number of carbonyl (C=O) groups excluding carboxylic acids is 2. The van der Waals surface area contributed by atoms with Crippen molar-refractivity contribution in [3.05, 3.63) is 11.6 Å². The van der Waals surface area contributed by atoms with Crippen molar-refractivity contribution in [1.29, 1.82) is 0 Å². The molecule has 3 N–H and O–H groups in total. The summed E-state index contributed by atoms with van der Waals surface area (Å²) >= 11 is 0. The standard InChI is InChI=1S/C24H32O8/c1-21-6-4-11(25)8-13(21)18(27)16(20(29)30-3)17-12-5-7-23(9-14(26)19(28)32-23)22(12,2)10-15-24(17,21)31-15/h8,11-12,14-18,25-27H,4-7,9-10H2,1-3H3/t11-,12-,14?,15+,16-,17+,18-,21-,22-,23+,24+/m0/s1. The van der Waals surface area contributed by atoms with E-state index in [-0.39, 0.29) is 24.4 Å². The van der Waals surface area contributed by atoms with E-state index < -0.39 is 58.2 Å². The molecule has 8 heteroatoms. The van der Waals surface area contributed by atoms with Gasteiger partial charge < -0.3 is 29.5 Å². The fraction of sp³-hybridized carbons (Fsp3) is 0.833. The number of aliphatic hydroxyl groups is 3. The van der Waals surface area contributed by atoms with Gasteiger partial charge in [-0.15, -0.1) is 0 Å². The van der Waals surface area contributed by atoms with Gasteiger partial charge in [-0.25, -0.2) is 4.79 Å². The van der Waals surface area contributed by atoms with Crippen molar-refractivity contribution in [2.24, 2.45) is 28.6 Å². The molecule has 1 unspecified atom stereocenters. The van der Waals surface area contributed by atoms with E-state index in [9.17, 15) is 24.9 Å². The van der Waals surface area contributed by atoms with Crippen LogP contribution in [0.25, 0.3) is 0 Å². The maximum Gasteiger partial charge on any atom is 0.335 e. The van der Waals surface area contributed by atoms with Crippen LogP contribution in [0.3, 0.4) is 0 Å². The van der Waals surface area contributed by atoms with E-state index in [0.29, 0.717) is 31.3 Å². The molecule has 5 fully saturated rings. The molecular formula is C24H32O8. The molecule has 11 atom stereocenters. The zero-order valence-corrected chi connectivity index (χ0v) is 18.7. The summed E-state index contributed by atoms with van der Waals surface area (Å²) in [5.41, 5.74) is -1.68. The van der Waals surface area contributed by atoms with Gasteiger partial charge >= 0.3 is 11.9 Å². The minimum Gasteiger partial charge on any atom is -0.469 e. The summed E-state index contributed by atoms with van der Waals surface area (Å²) in [5.74, 6) is -2.22. The minimum atomic E-state index is -1.13. The Hall–Kier alpha value is -1.48. The maximum absolute atomic E-state index is 13.1. The van der Waals surface area contributed by atoms with Gasteiger partial charge in [-0.3, -0.25) is 4.79 Å². The molecule has 6 rings (SSSR count). The van der Waals surface area contributed by atoms with Crippen LogP contribution in [0.5, 0.6) is 0 Å². The van der Waals surface area contributed by atoms with Crippen molar-refractivity contribution >= 4 is 11.9 Å². The SMILES string of the molecule is COC(=O)[C@H]1[C@H]2[C@@H]3CC[C@@]4(CC(O)C(=O)O4)[C@@]3(C)C[C@H]3O[C@@]23[C@@]2(C)CC[C@H](O)C=C2[C@@H]1O. The normalized spacial score (nSPS) is 57.6. The lowest BCUT2D eigenvalue weighted by Gasteiger charge is -2.60. The van der Waals surface area contributed by atoms with Crippen molar-refractivity contribution < 1.29 is 39.1 Å². The number of epoxide rings is 1. The molecule has 6 aliphatic rings. The zero-order valence-electron chi connectivity index (χ0n) is 18.7. The number of hydrogen-bond acceptors (Lipinski definition) is 8. The van der Waals surface area contributed by atoms with E-state index >= 15 is 0 Å². The zero-order chi connectivity index (χ0) is 22.8. The second-order valence-corrected chi connectivity index (χ2v) is 11.4. The van der Waals surface area contributed by atoms with Gasteiger partial charge in [-0.1, -0.05) is 19.9 Å². The van der Waals surface area contributed by atoms with Gasteiger partial charge in [-0.2, -0.15) is 0 Å². The van der Waals surface area contributed by atoms with Crippen LogP contribution in [-0.4, -0.2) is 70.0 Å². The van der Waals surface area contributed by atoms with E-state index in [4.69, 9.17) is 14.2 Å². The van der Waals surface area contributed by atoms with Crippen molar-refractivity contribution in [3.63, 3.8) is 0 Å². The van der Waals surface area contributed by atoms with Gasteiger partial charge in [0.15, 0.2) is 6.10 Å². The first-order chi connectivity index (χ1) is 15.0. The third-order valence-electron chi connectivity index (χ3n) is 10.4. The Balaban J connectivity index is 1.50. The molecule has 2 saturated heterocycles. The smallest absolute Gasteiger partial charge is 0.335 e. The molecular weight excluding hydrogens is 416 g/mol. The molecule has 4 aliphatic carbocycles. The van der Waals surface area contributed by atoms with Crippen molar-refractivity contribution in [2.75, 3.05) is 7.11 Å². The Morgan fingerprint density at radius 1 is 1.16 bits per heavy atom. The third kappa shape index (κ3) is 2.14. The first kappa shape index (κ1) is 21.1. The van der Waals surface area contributed by atoms with Crippen LogP contribution in [0.2, 0.25) is 0 Å². The highest BCUT2D eigenvalue weighted by atomic mass is 16.6. The first-order valence-corrected chi connectivity index (χ1v) is 11.8. The average Bonchev–Trinajstić information content (AvgIpc) is 3.31. The summed E-state index contributed by atoms with van der Waals surface area (Å²) in [6.45, 7) is 4.20. The molecule has 2 spiro atoms. The highest BCUT2D eigenvalue weighted by Gasteiger charge is 2.84. The van der Waals surface area contributed by atoms with Gasteiger partial charge in [-0.05, 0) is 43.6 Å². The van der Waals surface area contributed by atoms with Crippen LogP contribution in [0, 0.1) is 28.6 Å². The number of ether oxygens (including phenoxy) is 3. The quantitative estimate of drug-likeness (QED) is 0.306. The lowest BCUT2D eigenvalue weighted by molar-refractivity contribution is -0.180. The summed E-state index contributed by atoms with van der Waals surface area (Å²) < 4.78 is 17.6. The number of methoxy groups -OCH3 is 1. The number of fused-ring (bicyclic) bond motifs is 4. The molecule has 8 nitrogen and oxygen atoms in total. The molecule has 2 aliphatic heterocycles. The maximum atomic E-state index is 13.1. The molecule has 0 aromatic carbocycles. The number of rotatable bonds is 1. The highest BCUT2D eigenvalue weighted by Crippen LogP contribution is 2.78. The van der Waals surface area contributed by atoms with Crippen molar-refractivity contribution in [3.8, 4) is 0 Å². The van der Waals surface area contributed by atoms with E-state index in [1.165, 1.54) is 7.11 Å². The van der Waals surface area contributed by atoms with E-state index in [0.717, 1.165) is 6.42 Å². The number of aliphatic hydroxyl groups excluding tert-OH is 3. The Bertz CT molecular complexity index is 931. The van der Waals surface area contributed by atoms with E-state index in [1.54, 1.807) is 6.08 Å². The molecule has 176 valence electrons. The summed E-state index contributed by atoms with van der Waals surface area (Å²) in [6.07, 6.45) is 2.23. The average molecular weight is 449 g/mol. The molecule has 0 aromatic heterocycles. The number of carbonyl (C=O) groups is 2. The minimum absolute atomic E-state index is 0.0386. The molecule has 32 heavy (non-hydrogen) atoms. The predicted octanol–water partition coefficient (Wildman–Crippen LogP) is 0.858. The lowest BCUT2D eigenvalue weighted by Crippen LogP contribution is -2.66. The molecule has 0 radical (unpaired) electrons. The number of hydrogen-bond donors (Lipinski definition) is 3. The van der Waals surface area contributed by atoms with Crippen LogP contribution in [-0.2, 0) is 23.8 Å². The van der Waals surface area contributed by atoms with Gasteiger partial charge in [0, 0.05) is 23.2 Å². The van der Waals surface area contributed by atoms with E-state index in [2.05, 4.69) is 13.8 Å². The summed E-state index contributed by atoms with van der Waals surface area (Å²) in [5, 5.41) is 32.0. The van der Waals surface area contributed by atoms with Gasteiger partial charge in [0.05, 0.1) is 31.3 Å². The topological polar surface area (TPSA) is 126 Å². The molecule has 2 heterocycles. The summed E-state index contributed by atoms with van der Waals surface area (Å²) in [4.78, 5) is 25.3. The summed E-state index contributed by atoms with van der Waals surface area (Å²) in [6, 6.07) is 0. The largest absolute Gasteiger partial charge is 0.469 e. The fourth-order valence-corrected chi connectivity index (χ4v) is 8.89. The predicted molar refractivity (Wildman–Crippen MR) is 109 cm³/mol. The van der Waals surface area contributed by atoms with Crippen LogP contribution >= 0.6 is 0 Å². The lowest BCUT2D eigenvalue weighted by atomic mass is 9.43. The molecule has 0 aromatic rings. The second-order valence-electron chi connectivity index (χ2n) is 11.4. The Morgan fingerprint density at radius 2 is 1.91 bits per heavy atom. The molecule has 0 amide bonds. The molecule has 3 saturated carbocycles. The van der Waals surface area contributed by atoms with Crippen LogP contribution < -0.4 is 0 Å². The van der Waals surface area contributed by atoms with Crippen LogP contribution in [0.15, 0.2) is 11.6 Å². The van der Waals surface area contributed by atoms with Crippen LogP contribution in [0.1, 0.15) is 52.4 Å². The summed E-state index contributed by atoms with van der Waals surface area (Å²) in [7, 11) is 1.33. The van der Waals surface area contributed by atoms with Crippen LogP contribution in [0.4, 0.5) is 0 Å². The Kier molecular flexibility index (Phi) is 4.05. The van der Waals surface area contributed by atoms with Crippen molar-refractivity contribution in [2.45, 2.75) is 88.0 Å². The Morgan fingerprint density at radius 3 is 2.56 bits per heavy atom. The fourth-order valence-electron chi connectivity index (χ4n) is 8.89. The van der Waals surface area contributed by atoms with Gasteiger partial charge in [0.2, 0.25) is 0 Å². The monoisotopic (exact) mass is 448 g/mol. The van der Waals surface area contributed by atoms with E-state index in [1.807, 2.05) is 0 Å². The third-order valence-corrected chi connectivity index (χ3v) is 10.4. The molecule has 0 bridgehead atoms. The van der Waals surface area contributed by atoms with Gasteiger partial charge in [0.25, 0.3) is 0 Å². The second kappa shape index (κ2) is 6.14. The Labute approximate surface area is 186 Å². The van der Waals surface area contributed by atoms with Gasteiger partial charge in [0.1, 0.15) is 11.2 Å².